The van der Waals surface area contributed by atoms with Gasteiger partial charge in [0.25, 0.3) is 0 Å². The van der Waals surface area contributed by atoms with E-state index in [0.717, 1.165) is 5.56 Å². The summed E-state index contributed by atoms with van der Waals surface area (Å²) in [5.74, 6) is -0.797. The van der Waals surface area contributed by atoms with Gasteiger partial charge in [-0.15, -0.1) is 0 Å². The number of carbonyl (C=O) groups excluding carboxylic acids is 2. The second-order valence-corrected chi connectivity index (χ2v) is 4.37. The lowest BCUT2D eigenvalue weighted by atomic mass is 9.94. The van der Waals surface area contributed by atoms with Gasteiger partial charge in [-0.2, -0.15) is 0 Å². The molecule has 1 fully saturated rings. The molecule has 1 amide bonds. The van der Waals surface area contributed by atoms with Crippen molar-refractivity contribution in [1.82, 2.24) is 5.32 Å². The maximum atomic E-state index is 12.0. The fourth-order valence-corrected chi connectivity index (χ4v) is 2.11. The van der Waals surface area contributed by atoms with Gasteiger partial charge in [-0.25, -0.2) is 4.79 Å². The number of rotatable bonds is 5. The molecule has 0 aromatic heterocycles. The van der Waals surface area contributed by atoms with Crippen LogP contribution < -0.4 is 5.32 Å². The molecule has 0 saturated carbocycles. The van der Waals surface area contributed by atoms with Gasteiger partial charge in [0.05, 0.1) is 19.1 Å². The van der Waals surface area contributed by atoms with Gasteiger partial charge in [0, 0.05) is 0 Å². The van der Waals surface area contributed by atoms with Crippen molar-refractivity contribution in [2.24, 2.45) is 5.92 Å². The van der Waals surface area contributed by atoms with E-state index in [1.165, 1.54) is 0 Å². The molecular formula is C14H17NO4. The van der Waals surface area contributed by atoms with Crippen molar-refractivity contribution in [3.8, 4) is 0 Å². The smallest absolute Gasteiger partial charge is 0.407 e. The molecular weight excluding hydrogens is 246 g/mol. The molecule has 2 rings (SSSR count). The highest BCUT2D eigenvalue weighted by molar-refractivity contribution is 5.76. The average molecular weight is 263 g/mol. The molecule has 5 heteroatoms. The van der Waals surface area contributed by atoms with Crippen LogP contribution in [0.25, 0.3) is 0 Å². The number of hydrogen-bond acceptors (Lipinski definition) is 4. The highest BCUT2D eigenvalue weighted by Gasteiger charge is 2.36. The van der Waals surface area contributed by atoms with E-state index < -0.39 is 18.1 Å². The van der Waals surface area contributed by atoms with E-state index in [4.69, 9.17) is 9.47 Å². The molecule has 0 radical (unpaired) electrons. The van der Waals surface area contributed by atoms with Crippen LogP contribution in [0.3, 0.4) is 0 Å². The molecule has 1 aromatic rings. The number of cyclic esters (lactones) is 1. The number of carbonyl (C=O) groups is 2. The largest absolute Gasteiger partial charge is 0.466 e. The molecule has 1 aliphatic rings. The van der Waals surface area contributed by atoms with E-state index in [1.807, 2.05) is 30.3 Å². The monoisotopic (exact) mass is 263 g/mol. The predicted molar refractivity (Wildman–Crippen MR) is 68.5 cm³/mol. The Hall–Kier alpha value is -2.04. The van der Waals surface area contributed by atoms with Crippen LogP contribution in [0.4, 0.5) is 4.79 Å². The number of amides is 1. The van der Waals surface area contributed by atoms with Crippen LogP contribution in [0.2, 0.25) is 0 Å². The first-order valence-corrected chi connectivity index (χ1v) is 6.35. The van der Waals surface area contributed by atoms with E-state index in [-0.39, 0.29) is 5.97 Å². The number of ether oxygens (including phenoxy) is 2. The summed E-state index contributed by atoms with van der Waals surface area (Å²) in [6.07, 6.45) is -0.446. The van der Waals surface area contributed by atoms with Crippen molar-refractivity contribution in [1.29, 1.82) is 0 Å². The fraction of sp³-hybridized carbons (Fsp3) is 0.429. The van der Waals surface area contributed by atoms with E-state index in [0.29, 0.717) is 19.6 Å². The van der Waals surface area contributed by atoms with Gasteiger partial charge in [-0.3, -0.25) is 4.79 Å². The molecule has 2 atom stereocenters. The van der Waals surface area contributed by atoms with Crippen molar-refractivity contribution < 1.29 is 19.1 Å². The Morgan fingerprint density at radius 3 is 2.79 bits per heavy atom. The minimum atomic E-state index is -0.479. The van der Waals surface area contributed by atoms with Gasteiger partial charge in [-0.05, 0) is 18.9 Å². The molecule has 1 N–H and O–H groups in total. The Kier molecular flexibility index (Phi) is 4.39. The fourth-order valence-electron chi connectivity index (χ4n) is 2.11. The highest BCUT2D eigenvalue weighted by Crippen LogP contribution is 2.19. The summed E-state index contributed by atoms with van der Waals surface area (Å²) < 4.78 is 10.2. The molecule has 0 unspecified atom stereocenters. The van der Waals surface area contributed by atoms with Crippen molar-refractivity contribution in [2.75, 3.05) is 13.2 Å². The molecule has 1 aromatic carbocycles. The summed E-state index contributed by atoms with van der Waals surface area (Å²) in [4.78, 5) is 23.1. The molecule has 0 spiro atoms. The maximum Gasteiger partial charge on any atom is 0.407 e. The van der Waals surface area contributed by atoms with Crippen molar-refractivity contribution in [3.63, 3.8) is 0 Å². The first-order valence-electron chi connectivity index (χ1n) is 6.35. The van der Waals surface area contributed by atoms with Crippen LogP contribution in [0.1, 0.15) is 12.5 Å². The van der Waals surface area contributed by atoms with Crippen molar-refractivity contribution >= 4 is 12.1 Å². The third kappa shape index (κ3) is 3.47. The van der Waals surface area contributed by atoms with Crippen LogP contribution in [0.5, 0.6) is 0 Å². The number of benzene rings is 1. The summed E-state index contributed by atoms with van der Waals surface area (Å²) in [7, 11) is 0. The van der Waals surface area contributed by atoms with Crippen LogP contribution in [-0.4, -0.2) is 31.3 Å². The van der Waals surface area contributed by atoms with Crippen LogP contribution >= 0.6 is 0 Å². The van der Waals surface area contributed by atoms with Gasteiger partial charge in [0.15, 0.2) is 0 Å². The van der Waals surface area contributed by atoms with Crippen LogP contribution in [0.15, 0.2) is 30.3 Å². The highest BCUT2D eigenvalue weighted by atomic mass is 16.6. The summed E-state index contributed by atoms with van der Waals surface area (Å²) >= 11 is 0. The lowest BCUT2D eigenvalue weighted by molar-refractivity contribution is -0.151. The standard InChI is InChI=1S/C14H17NO4/c1-2-18-13(16)11(12-9-15-14(17)19-12)8-10-6-4-3-5-7-10/h3-7,11-12H,2,8-9H2,1H3,(H,15,17)/t11-,12+/m1/s1. The quantitative estimate of drug-likeness (QED) is 0.818. The lowest BCUT2D eigenvalue weighted by Gasteiger charge is -2.19. The summed E-state index contributed by atoms with van der Waals surface area (Å²) in [6.45, 7) is 2.42. The SMILES string of the molecule is CCOC(=O)[C@H](Cc1ccccc1)[C@@H]1CNC(=O)O1. The van der Waals surface area contributed by atoms with Gasteiger partial charge in [0.1, 0.15) is 6.10 Å². The predicted octanol–water partition coefficient (Wildman–Crippen LogP) is 1.52. The number of alkyl carbamates (subject to hydrolysis) is 1. The molecule has 1 heterocycles. The van der Waals surface area contributed by atoms with Crippen molar-refractivity contribution in [3.05, 3.63) is 35.9 Å². The van der Waals surface area contributed by atoms with Gasteiger partial charge >= 0.3 is 12.1 Å². The minimum absolute atomic E-state index is 0.318. The first-order chi connectivity index (χ1) is 9.20. The molecule has 0 aliphatic carbocycles. The lowest BCUT2D eigenvalue weighted by Crippen LogP contribution is -2.34. The molecule has 1 saturated heterocycles. The van der Waals surface area contributed by atoms with E-state index in [1.54, 1.807) is 6.92 Å². The summed E-state index contributed by atoms with van der Waals surface area (Å²) in [5.41, 5.74) is 1.02. The number of nitrogens with one attached hydrogen (secondary N) is 1. The minimum Gasteiger partial charge on any atom is -0.466 e. The molecule has 1 aliphatic heterocycles. The third-order valence-corrected chi connectivity index (χ3v) is 3.04. The normalized spacial score (nSPS) is 19.4. The summed E-state index contributed by atoms with van der Waals surface area (Å²) in [5, 5.41) is 2.56. The number of esters is 1. The van der Waals surface area contributed by atoms with Crippen LogP contribution in [0, 0.1) is 5.92 Å². The summed E-state index contributed by atoms with van der Waals surface area (Å²) in [6, 6.07) is 9.62. The topological polar surface area (TPSA) is 64.6 Å². The van der Waals surface area contributed by atoms with Gasteiger partial charge in [-0.1, -0.05) is 30.3 Å². The van der Waals surface area contributed by atoms with E-state index in [2.05, 4.69) is 5.32 Å². The van der Waals surface area contributed by atoms with Crippen molar-refractivity contribution in [2.45, 2.75) is 19.4 Å². The van der Waals surface area contributed by atoms with Gasteiger partial charge < -0.3 is 14.8 Å². The van der Waals surface area contributed by atoms with E-state index in [9.17, 15) is 9.59 Å². The Balaban J connectivity index is 2.10. The zero-order valence-corrected chi connectivity index (χ0v) is 10.8. The van der Waals surface area contributed by atoms with E-state index >= 15 is 0 Å². The Labute approximate surface area is 111 Å². The molecule has 5 nitrogen and oxygen atoms in total. The zero-order valence-electron chi connectivity index (χ0n) is 10.8. The maximum absolute atomic E-state index is 12.0. The Morgan fingerprint density at radius 2 is 2.21 bits per heavy atom. The molecule has 19 heavy (non-hydrogen) atoms. The first kappa shape index (κ1) is 13.4. The second kappa shape index (κ2) is 6.22. The Bertz CT molecular complexity index is 446. The molecule has 102 valence electrons. The van der Waals surface area contributed by atoms with Crippen LogP contribution in [-0.2, 0) is 20.7 Å². The Morgan fingerprint density at radius 1 is 1.47 bits per heavy atom. The zero-order chi connectivity index (χ0) is 13.7. The second-order valence-electron chi connectivity index (χ2n) is 4.37. The molecule has 0 bridgehead atoms. The average Bonchev–Trinajstić information content (AvgIpc) is 2.84. The van der Waals surface area contributed by atoms with Gasteiger partial charge in [0.2, 0.25) is 0 Å². The third-order valence-electron chi connectivity index (χ3n) is 3.04. The number of hydrogen-bond donors (Lipinski definition) is 1.